The molecule has 0 bridgehead atoms. The highest BCUT2D eigenvalue weighted by Gasteiger charge is 2.11. The number of hydrogen-bond donors (Lipinski definition) is 1. The van der Waals surface area contributed by atoms with Crippen LogP contribution in [0, 0.1) is 3.57 Å². The fraction of sp³-hybridized carbons (Fsp3) is 0.0500. The monoisotopic (exact) mass is 524 g/mol. The van der Waals surface area contributed by atoms with E-state index < -0.39 is 11.9 Å². The van der Waals surface area contributed by atoms with E-state index in [0.29, 0.717) is 22.1 Å². The minimum absolute atomic E-state index is 0.119. The molecule has 0 radical (unpaired) electrons. The van der Waals surface area contributed by atoms with Gasteiger partial charge in [-0.15, -0.1) is 0 Å². The highest BCUT2D eigenvalue weighted by molar-refractivity contribution is 14.1. The predicted octanol–water partition coefficient (Wildman–Crippen LogP) is 4.29. The van der Waals surface area contributed by atoms with Crippen molar-refractivity contribution in [1.29, 1.82) is 0 Å². The van der Waals surface area contributed by atoms with Gasteiger partial charge in [0.05, 0.1) is 16.0 Å². The van der Waals surface area contributed by atoms with E-state index in [2.05, 4.69) is 33.1 Å². The lowest BCUT2D eigenvalue weighted by Crippen LogP contribution is -2.24. The van der Waals surface area contributed by atoms with Crippen molar-refractivity contribution in [3.8, 4) is 11.5 Å². The normalized spacial score (nSPS) is 10.7. The van der Waals surface area contributed by atoms with Gasteiger partial charge in [0.15, 0.2) is 6.61 Å². The van der Waals surface area contributed by atoms with E-state index in [-0.39, 0.29) is 12.4 Å². The molecule has 29 heavy (non-hydrogen) atoms. The van der Waals surface area contributed by atoms with Crippen molar-refractivity contribution in [3.63, 3.8) is 0 Å². The SMILES string of the molecule is O=C(COc1ccc(Cl)cc1I)N/N=C/c1ccc(OC(=O)c2ccco2)cc1. The molecule has 9 heteroatoms. The highest BCUT2D eigenvalue weighted by atomic mass is 127. The van der Waals surface area contributed by atoms with Crippen LogP contribution < -0.4 is 14.9 Å². The zero-order valence-corrected chi connectivity index (χ0v) is 17.7. The van der Waals surface area contributed by atoms with Crippen molar-refractivity contribution in [1.82, 2.24) is 5.43 Å². The Kier molecular flexibility index (Phi) is 7.25. The van der Waals surface area contributed by atoms with Crippen LogP contribution in [-0.4, -0.2) is 24.7 Å². The Labute approximate surface area is 184 Å². The van der Waals surface area contributed by atoms with E-state index >= 15 is 0 Å². The summed E-state index contributed by atoms with van der Waals surface area (Å²) in [6.07, 6.45) is 2.85. The molecule has 1 heterocycles. The van der Waals surface area contributed by atoms with Gasteiger partial charge in [-0.3, -0.25) is 4.79 Å². The Hall–Kier alpha value is -2.85. The van der Waals surface area contributed by atoms with Gasteiger partial charge >= 0.3 is 5.97 Å². The number of carbonyl (C=O) groups is 2. The summed E-state index contributed by atoms with van der Waals surface area (Å²) in [5.74, 6) is 0.0521. The molecule has 7 nitrogen and oxygen atoms in total. The van der Waals surface area contributed by atoms with Crippen LogP contribution in [0.25, 0.3) is 0 Å². The van der Waals surface area contributed by atoms with Crippen molar-refractivity contribution in [3.05, 3.63) is 80.8 Å². The predicted molar refractivity (Wildman–Crippen MR) is 116 cm³/mol. The maximum absolute atomic E-state index is 11.8. The standard InChI is InChI=1S/C20H14ClIN2O5/c21-14-5-8-17(16(22)10-14)28-12-19(25)24-23-11-13-3-6-15(7-4-13)29-20(26)18-2-1-9-27-18/h1-11H,12H2,(H,24,25)/b23-11+. The van der Waals surface area contributed by atoms with Crippen molar-refractivity contribution >= 4 is 52.3 Å². The summed E-state index contributed by atoms with van der Waals surface area (Å²) in [6.45, 7) is -0.184. The lowest BCUT2D eigenvalue weighted by Gasteiger charge is -2.07. The topological polar surface area (TPSA) is 90.1 Å². The molecule has 3 rings (SSSR count). The minimum atomic E-state index is -0.584. The summed E-state index contributed by atoms with van der Waals surface area (Å²) < 4.78 is 16.4. The van der Waals surface area contributed by atoms with Crippen molar-refractivity contribution in [2.75, 3.05) is 6.61 Å². The van der Waals surface area contributed by atoms with Crippen LogP contribution in [0.3, 0.4) is 0 Å². The number of hydrazone groups is 1. The molecule has 0 unspecified atom stereocenters. The molecule has 2 aromatic carbocycles. The Morgan fingerprint density at radius 1 is 1.17 bits per heavy atom. The number of nitrogens with one attached hydrogen (secondary N) is 1. The van der Waals surface area contributed by atoms with Crippen molar-refractivity contribution in [2.45, 2.75) is 0 Å². The van der Waals surface area contributed by atoms with Crippen LogP contribution in [0.5, 0.6) is 11.5 Å². The third-order valence-electron chi connectivity index (χ3n) is 3.47. The van der Waals surface area contributed by atoms with Gasteiger partial charge in [-0.1, -0.05) is 11.6 Å². The first-order valence-electron chi connectivity index (χ1n) is 8.27. The van der Waals surface area contributed by atoms with E-state index in [1.807, 2.05) is 0 Å². The zero-order chi connectivity index (χ0) is 20.6. The second-order valence-electron chi connectivity index (χ2n) is 5.59. The quantitative estimate of drug-likeness (QED) is 0.164. The molecule has 0 spiro atoms. The van der Waals surface area contributed by atoms with E-state index in [4.69, 9.17) is 25.5 Å². The Morgan fingerprint density at radius 2 is 1.97 bits per heavy atom. The smallest absolute Gasteiger partial charge is 0.379 e. The first-order chi connectivity index (χ1) is 14.0. The number of nitrogens with zero attached hydrogens (tertiary/aromatic N) is 1. The Balaban J connectivity index is 1.46. The Bertz CT molecular complexity index is 1020. The average molecular weight is 525 g/mol. The number of rotatable bonds is 7. The summed E-state index contributed by atoms with van der Waals surface area (Å²) in [6, 6.07) is 14.8. The van der Waals surface area contributed by atoms with Gasteiger partial charge in [0, 0.05) is 5.02 Å². The molecule has 0 fully saturated rings. The van der Waals surface area contributed by atoms with Gasteiger partial charge in [0.2, 0.25) is 5.76 Å². The average Bonchev–Trinajstić information content (AvgIpc) is 3.24. The molecule has 0 aliphatic carbocycles. The van der Waals surface area contributed by atoms with E-state index in [0.717, 1.165) is 3.57 Å². The molecule has 3 aromatic rings. The van der Waals surface area contributed by atoms with Crippen molar-refractivity contribution < 1.29 is 23.5 Å². The van der Waals surface area contributed by atoms with Crippen LogP contribution >= 0.6 is 34.2 Å². The van der Waals surface area contributed by atoms with E-state index in [1.165, 1.54) is 18.5 Å². The summed E-state index contributed by atoms with van der Waals surface area (Å²) in [7, 11) is 0. The molecule has 0 saturated heterocycles. The van der Waals surface area contributed by atoms with Gasteiger partial charge < -0.3 is 13.9 Å². The second-order valence-corrected chi connectivity index (χ2v) is 7.19. The first kappa shape index (κ1) is 20.9. The number of benzene rings is 2. The van der Waals surface area contributed by atoms with Crippen LogP contribution in [0.15, 0.2) is 70.4 Å². The third-order valence-corrected chi connectivity index (χ3v) is 4.55. The van der Waals surface area contributed by atoms with E-state index in [9.17, 15) is 9.59 Å². The fourth-order valence-corrected chi connectivity index (χ4v) is 3.15. The maximum atomic E-state index is 11.8. The molecule has 1 amide bonds. The largest absolute Gasteiger partial charge is 0.483 e. The molecule has 0 aliphatic heterocycles. The van der Waals surface area contributed by atoms with Gasteiger partial charge in [0.1, 0.15) is 11.5 Å². The number of carbonyl (C=O) groups excluding carboxylic acids is 2. The number of halogens is 2. The fourth-order valence-electron chi connectivity index (χ4n) is 2.12. The van der Waals surface area contributed by atoms with Gasteiger partial charge in [-0.25, -0.2) is 10.2 Å². The van der Waals surface area contributed by atoms with Crippen LogP contribution in [0.1, 0.15) is 16.1 Å². The summed E-state index contributed by atoms with van der Waals surface area (Å²) >= 11 is 7.95. The second kappa shape index (κ2) is 10.1. The maximum Gasteiger partial charge on any atom is 0.379 e. The number of amides is 1. The number of ether oxygens (including phenoxy) is 2. The van der Waals surface area contributed by atoms with E-state index in [1.54, 1.807) is 48.5 Å². The van der Waals surface area contributed by atoms with Crippen LogP contribution in [0.4, 0.5) is 0 Å². The number of furan rings is 1. The van der Waals surface area contributed by atoms with Gasteiger partial charge in [-0.05, 0) is 82.8 Å². The lowest BCUT2D eigenvalue weighted by molar-refractivity contribution is -0.123. The van der Waals surface area contributed by atoms with Gasteiger partial charge in [0.25, 0.3) is 5.91 Å². The highest BCUT2D eigenvalue weighted by Crippen LogP contribution is 2.24. The van der Waals surface area contributed by atoms with Gasteiger partial charge in [-0.2, -0.15) is 5.10 Å². The number of esters is 1. The molecular formula is C20H14ClIN2O5. The first-order valence-corrected chi connectivity index (χ1v) is 9.72. The molecule has 1 aromatic heterocycles. The summed E-state index contributed by atoms with van der Waals surface area (Å²) in [5.41, 5.74) is 3.08. The van der Waals surface area contributed by atoms with Crippen molar-refractivity contribution in [2.24, 2.45) is 5.10 Å². The molecule has 1 N–H and O–H groups in total. The van der Waals surface area contributed by atoms with Crippen LogP contribution in [-0.2, 0) is 4.79 Å². The lowest BCUT2D eigenvalue weighted by atomic mass is 10.2. The molecule has 0 aliphatic rings. The molecule has 0 saturated carbocycles. The number of hydrogen-bond acceptors (Lipinski definition) is 6. The molecule has 148 valence electrons. The molecular weight excluding hydrogens is 511 g/mol. The summed E-state index contributed by atoms with van der Waals surface area (Å²) in [5, 5.41) is 4.47. The third kappa shape index (κ3) is 6.33. The Morgan fingerprint density at radius 3 is 2.66 bits per heavy atom. The summed E-state index contributed by atoms with van der Waals surface area (Å²) in [4.78, 5) is 23.6. The molecule has 0 atom stereocenters. The minimum Gasteiger partial charge on any atom is -0.483 e. The van der Waals surface area contributed by atoms with Crippen LogP contribution in [0.2, 0.25) is 5.02 Å². The zero-order valence-electron chi connectivity index (χ0n) is 14.8.